The molecule has 1 aromatic rings. The molecule has 1 aliphatic rings. The normalized spacial score (nSPS) is 18.4. The average molecular weight is 279 g/mol. The summed E-state index contributed by atoms with van der Waals surface area (Å²) in [5.74, 6) is -0.127. The van der Waals surface area contributed by atoms with Crippen molar-refractivity contribution in [1.29, 1.82) is 0 Å². The summed E-state index contributed by atoms with van der Waals surface area (Å²) in [4.78, 5) is 4.88. The molecule has 0 amide bonds. The van der Waals surface area contributed by atoms with Crippen LogP contribution >= 0.6 is 0 Å². The number of hydrogen-bond acceptors (Lipinski definition) is 3. The van der Waals surface area contributed by atoms with Gasteiger partial charge in [0.1, 0.15) is 5.82 Å². The lowest BCUT2D eigenvalue weighted by Crippen LogP contribution is -2.57. The Bertz CT molecular complexity index is 425. The molecule has 1 N–H and O–H groups in total. The van der Waals surface area contributed by atoms with E-state index in [1.165, 1.54) is 6.07 Å². The van der Waals surface area contributed by atoms with Crippen molar-refractivity contribution in [2.75, 3.05) is 39.8 Å². The quantitative estimate of drug-likeness (QED) is 0.888. The molecule has 3 nitrogen and oxygen atoms in total. The van der Waals surface area contributed by atoms with Crippen LogP contribution in [0.3, 0.4) is 0 Å². The highest BCUT2D eigenvalue weighted by atomic mass is 19.1. The summed E-state index contributed by atoms with van der Waals surface area (Å²) >= 11 is 0. The van der Waals surface area contributed by atoms with E-state index < -0.39 is 0 Å². The second-order valence-electron chi connectivity index (χ2n) is 6.30. The van der Waals surface area contributed by atoms with Crippen LogP contribution in [0.1, 0.15) is 19.4 Å². The number of nitrogens with one attached hydrogen (secondary N) is 1. The molecule has 0 bridgehead atoms. The van der Waals surface area contributed by atoms with Crippen LogP contribution in [0, 0.1) is 5.82 Å². The first-order valence-corrected chi connectivity index (χ1v) is 7.37. The zero-order chi connectivity index (χ0) is 14.6. The van der Waals surface area contributed by atoms with E-state index in [0.29, 0.717) is 6.54 Å². The summed E-state index contributed by atoms with van der Waals surface area (Å²) in [6, 6.07) is 6.96. The minimum Gasteiger partial charge on any atom is -0.311 e. The summed E-state index contributed by atoms with van der Waals surface area (Å²) in [5.41, 5.74) is 0.841. The van der Waals surface area contributed by atoms with Gasteiger partial charge in [-0.1, -0.05) is 18.2 Å². The zero-order valence-electron chi connectivity index (χ0n) is 12.8. The third-order valence-corrected chi connectivity index (χ3v) is 4.19. The van der Waals surface area contributed by atoms with Crippen molar-refractivity contribution in [1.82, 2.24) is 15.1 Å². The second-order valence-corrected chi connectivity index (χ2v) is 6.30. The fraction of sp³-hybridized carbons (Fsp3) is 0.625. The molecule has 2 rings (SSSR count). The standard InChI is InChI=1S/C16H26FN3/c1-16(2,20-10-8-19(3)9-11-20)13-18-12-14-6-4-5-7-15(14)17/h4-7,18H,8-13H2,1-3H3. The van der Waals surface area contributed by atoms with Gasteiger partial charge in [-0.05, 0) is 27.0 Å². The smallest absolute Gasteiger partial charge is 0.127 e. The summed E-state index contributed by atoms with van der Waals surface area (Å²) in [6.07, 6.45) is 0. The highest BCUT2D eigenvalue weighted by Crippen LogP contribution is 2.16. The molecular formula is C16H26FN3. The average Bonchev–Trinajstić information content (AvgIpc) is 2.41. The molecule has 0 spiro atoms. The van der Waals surface area contributed by atoms with Gasteiger partial charge in [-0.25, -0.2) is 4.39 Å². The maximum atomic E-state index is 13.6. The minimum absolute atomic E-state index is 0.104. The predicted molar refractivity (Wildman–Crippen MR) is 81.3 cm³/mol. The van der Waals surface area contributed by atoms with Crippen LogP contribution < -0.4 is 5.32 Å². The van der Waals surface area contributed by atoms with Crippen LogP contribution in [0.25, 0.3) is 0 Å². The molecular weight excluding hydrogens is 253 g/mol. The molecule has 0 aliphatic carbocycles. The molecule has 1 aliphatic heterocycles. The van der Waals surface area contributed by atoms with E-state index >= 15 is 0 Å². The zero-order valence-corrected chi connectivity index (χ0v) is 12.8. The van der Waals surface area contributed by atoms with E-state index in [2.05, 4.69) is 36.0 Å². The van der Waals surface area contributed by atoms with Gasteiger partial charge in [-0.15, -0.1) is 0 Å². The lowest BCUT2D eigenvalue weighted by atomic mass is 10.0. The molecule has 1 saturated heterocycles. The van der Waals surface area contributed by atoms with Gasteiger partial charge in [0.2, 0.25) is 0 Å². The van der Waals surface area contributed by atoms with Crippen molar-refractivity contribution in [3.05, 3.63) is 35.6 Å². The molecule has 0 radical (unpaired) electrons. The van der Waals surface area contributed by atoms with Crippen LogP contribution in [0.2, 0.25) is 0 Å². The third kappa shape index (κ3) is 4.01. The number of hydrogen-bond donors (Lipinski definition) is 1. The monoisotopic (exact) mass is 279 g/mol. The lowest BCUT2D eigenvalue weighted by Gasteiger charge is -2.43. The Morgan fingerprint density at radius 2 is 1.80 bits per heavy atom. The van der Waals surface area contributed by atoms with Crippen molar-refractivity contribution in [2.24, 2.45) is 0 Å². The Labute approximate surface area is 121 Å². The number of rotatable bonds is 5. The molecule has 112 valence electrons. The molecule has 1 heterocycles. The van der Waals surface area contributed by atoms with Crippen molar-refractivity contribution in [3.8, 4) is 0 Å². The van der Waals surface area contributed by atoms with Gasteiger partial charge in [-0.3, -0.25) is 4.90 Å². The van der Waals surface area contributed by atoms with Crippen LogP contribution in [-0.2, 0) is 6.54 Å². The molecule has 1 fully saturated rings. The van der Waals surface area contributed by atoms with Crippen molar-refractivity contribution >= 4 is 0 Å². The van der Waals surface area contributed by atoms with Gasteiger partial charge in [0, 0.05) is 50.4 Å². The Balaban J connectivity index is 1.82. The van der Waals surface area contributed by atoms with E-state index in [0.717, 1.165) is 38.3 Å². The Morgan fingerprint density at radius 3 is 2.45 bits per heavy atom. The number of benzene rings is 1. The highest BCUT2D eigenvalue weighted by molar-refractivity contribution is 5.17. The van der Waals surface area contributed by atoms with E-state index in [4.69, 9.17) is 0 Å². The fourth-order valence-electron chi connectivity index (χ4n) is 2.67. The van der Waals surface area contributed by atoms with Gasteiger partial charge >= 0.3 is 0 Å². The summed E-state index contributed by atoms with van der Waals surface area (Å²) < 4.78 is 13.6. The first-order valence-electron chi connectivity index (χ1n) is 7.37. The van der Waals surface area contributed by atoms with Gasteiger partial charge < -0.3 is 10.2 Å². The second kappa shape index (κ2) is 6.66. The van der Waals surface area contributed by atoms with E-state index in [-0.39, 0.29) is 11.4 Å². The molecule has 0 atom stereocenters. The number of piperazine rings is 1. The van der Waals surface area contributed by atoms with Crippen molar-refractivity contribution in [2.45, 2.75) is 25.9 Å². The van der Waals surface area contributed by atoms with Crippen LogP contribution in [0.5, 0.6) is 0 Å². The Kier molecular flexibility index (Phi) is 5.13. The number of halogens is 1. The molecule has 4 heteroatoms. The van der Waals surface area contributed by atoms with Gasteiger partial charge in [0.25, 0.3) is 0 Å². The summed E-state index contributed by atoms with van der Waals surface area (Å²) in [6.45, 7) is 10.4. The number of likely N-dealkylation sites (N-methyl/N-ethyl adjacent to an activating group) is 1. The Morgan fingerprint density at radius 1 is 1.15 bits per heavy atom. The maximum Gasteiger partial charge on any atom is 0.127 e. The molecule has 0 aromatic heterocycles. The topological polar surface area (TPSA) is 18.5 Å². The van der Waals surface area contributed by atoms with Gasteiger partial charge in [0.05, 0.1) is 0 Å². The van der Waals surface area contributed by atoms with Crippen molar-refractivity contribution in [3.63, 3.8) is 0 Å². The van der Waals surface area contributed by atoms with Gasteiger partial charge in [-0.2, -0.15) is 0 Å². The third-order valence-electron chi connectivity index (χ3n) is 4.19. The van der Waals surface area contributed by atoms with E-state index in [1.807, 2.05) is 12.1 Å². The molecule has 20 heavy (non-hydrogen) atoms. The fourth-order valence-corrected chi connectivity index (χ4v) is 2.67. The number of nitrogens with zero attached hydrogens (tertiary/aromatic N) is 2. The maximum absolute atomic E-state index is 13.6. The lowest BCUT2D eigenvalue weighted by molar-refractivity contribution is 0.0617. The van der Waals surface area contributed by atoms with Crippen LogP contribution in [0.15, 0.2) is 24.3 Å². The van der Waals surface area contributed by atoms with Crippen molar-refractivity contribution < 1.29 is 4.39 Å². The first-order chi connectivity index (χ1) is 9.49. The Hall–Kier alpha value is -0.970. The minimum atomic E-state index is -0.127. The predicted octanol–water partition coefficient (Wildman–Crippen LogP) is 1.94. The highest BCUT2D eigenvalue weighted by Gasteiger charge is 2.28. The van der Waals surface area contributed by atoms with Crippen LogP contribution in [-0.4, -0.2) is 55.1 Å². The molecule has 1 aromatic carbocycles. The van der Waals surface area contributed by atoms with Crippen LogP contribution in [0.4, 0.5) is 4.39 Å². The molecule has 0 unspecified atom stereocenters. The SMILES string of the molecule is CN1CCN(C(C)(C)CNCc2ccccc2F)CC1. The van der Waals surface area contributed by atoms with Gasteiger partial charge in [0.15, 0.2) is 0 Å². The largest absolute Gasteiger partial charge is 0.311 e. The van der Waals surface area contributed by atoms with E-state index in [1.54, 1.807) is 6.07 Å². The summed E-state index contributed by atoms with van der Waals surface area (Å²) in [7, 11) is 2.17. The summed E-state index contributed by atoms with van der Waals surface area (Å²) in [5, 5.41) is 3.40. The van der Waals surface area contributed by atoms with E-state index in [9.17, 15) is 4.39 Å². The molecule has 0 saturated carbocycles. The first kappa shape index (κ1) is 15.4.